The fraction of sp³-hybridized carbons (Fsp3) is 1.00. The van der Waals surface area contributed by atoms with Crippen LogP contribution >= 0.6 is 24.8 Å². The summed E-state index contributed by atoms with van der Waals surface area (Å²) < 4.78 is 0. The zero-order valence-electron chi connectivity index (χ0n) is 13.7. The van der Waals surface area contributed by atoms with Crippen molar-refractivity contribution < 1.29 is 0 Å². The number of nitrogens with two attached hydrogens (primary N) is 1. The molecule has 0 aliphatic heterocycles. The third kappa shape index (κ3) is 20.8. The van der Waals surface area contributed by atoms with Crippen LogP contribution in [0.4, 0.5) is 0 Å². The van der Waals surface area contributed by atoms with Crippen LogP contribution in [0.1, 0.15) is 84.5 Å². The summed E-state index contributed by atoms with van der Waals surface area (Å²) in [5, 5.41) is 3.53. The van der Waals surface area contributed by atoms with Gasteiger partial charge in [-0.25, -0.2) is 0 Å². The van der Waals surface area contributed by atoms with Gasteiger partial charge in [-0.3, -0.25) is 0 Å². The van der Waals surface area contributed by atoms with Gasteiger partial charge >= 0.3 is 0 Å². The SMILES string of the molecule is CCCCCCCCCCCCNC(C)CCN.Cl.Cl. The molecule has 126 valence electrons. The van der Waals surface area contributed by atoms with Gasteiger partial charge in [0.2, 0.25) is 0 Å². The van der Waals surface area contributed by atoms with E-state index in [1.54, 1.807) is 0 Å². The Labute approximate surface area is 139 Å². The molecule has 0 aliphatic rings. The molecule has 0 saturated heterocycles. The van der Waals surface area contributed by atoms with E-state index >= 15 is 0 Å². The summed E-state index contributed by atoms with van der Waals surface area (Å²) in [7, 11) is 0. The molecule has 0 aromatic heterocycles. The van der Waals surface area contributed by atoms with Crippen molar-refractivity contribution >= 4 is 24.8 Å². The molecule has 0 aliphatic carbocycles. The molecule has 1 unspecified atom stereocenters. The van der Waals surface area contributed by atoms with Crippen LogP contribution in [0, 0.1) is 0 Å². The number of unbranched alkanes of at least 4 members (excludes halogenated alkanes) is 9. The zero-order valence-corrected chi connectivity index (χ0v) is 15.3. The standard InChI is InChI=1S/C16H36N2.2ClH/c1-3-4-5-6-7-8-9-10-11-12-15-18-16(2)13-14-17;;/h16,18H,3-15,17H2,1-2H3;2*1H. The molecular weight excluding hydrogens is 291 g/mol. The first-order valence-electron chi connectivity index (χ1n) is 8.24. The Hall–Kier alpha value is 0.500. The minimum Gasteiger partial charge on any atom is -0.330 e. The summed E-state index contributed by atoms with van der Waals surface area (Å²) in [4.78, 5) is 0. The fourth-order valence-electron chi connectivity index (χ4n) is 2.31. The van der Waals surface area contributed by atoms with Crippen LogP contribution < -0.4 is 11.1 Å². The second-order valence-corrected chi connectivity index (χ2v) is 5.61. The van der Waals surface area contributed by atoms with Gasteiger partial charge in [0.05, 0.1) is 0 Å². The van der Waals surface area contributed by atoms with Crippen molar-refractivity contribution in [3.8, 4) is 0 Å². The topological polar surface area (TPSA) is 38.0 Å². The Morgan fingerprint density at radius 1 is 0.800 bits per heavy atom. The Balaban J connectivity index is -0.00000144. The van der Waals surface area contributed by atoms with Gasteiger partial charge in [-0.1, -0.05) is 64.7 Å². The van der Waals surface area contributed by atoms with Gasteiger partial charge in [0, 0.05) is 6.04 Å². The first-order valence-corrected chi connectivity index (χ1v) is 8.24. The number of hydrogen-bond donors (Lipinski definition) is 2. The molecule has 0 saturated carbocycles. The summed E-state index contributed by atoms with van der Waals surface area (Å²) >= 11 is 0. The predicted octanol–water partition coefficient (Wildman–Crippen LogP) is 5.08. The molecule has 20 heavy (non-hydrogen) atoms. The third-order valence-electron chi connectivity index (χ3n) is 3.62. The Morgan fingerprint density at radius 2 is 1.25 bits per heavy atom. The van der Waals surface area contributed by atoms with E-state index in [0.29, 0.717) is 6.04 Å². The average Bonchev–Trinajstić information content (AvgIpc) is 2.36. The molecule has 2 nitrogen and oxygen atoms in total. The molecule has 0 radical (unpaired) electrons. The lowest BCUT2D eigenvalue weighted by molar-refractivity contribution is 0.492. The van der Waals surface area contributed by atoms with Crippen LogP contribution in [-0.2, 0) is 0 Å². The highest BCUT2D eigenvalue weighted by molar-refractivity contribution is 5.85. The normalized spacial score (nSPS) is 11.6. The van der Waals surface area contributed by atoms with Crippen LogP contribution in [0.25, 0.3) is 0 Å². The molecule has 0 amide bonds. The first-order chi connectivity index (χ1) is 8.81. The molecule has 1 atom stereocenters. The van der Waals surface area contributed by atoms with Crippen molar-refractivity contribution in [1.29, 1.82) is 0 Å². The maximum atomic E-state index is 5.52. The van der Waals surface area contributed by atoms with E-state index in [4.69, 9.17) is 5.73 Å². The monoisotopic (exact) mass is 328 g/mol. The number of nitrogens with one attached hydrogen (secondary N) is 1. The molecule has 0 fully saturated rings. The molecular formula is C16H38Cl2N2. The Kier molecular flexibility index (Phi) is 27.7. The lowest BCUT2D eigenvalue weighted by atomic mass is 10.1. The fourth-order valence-corrected chi connectivity index (χ4v) is 2.31. The quantitative estimate of drug-likeness (QED) is 0.436. The lowest BCUT2D eigenvalue weighted by Gasteiger charge is -2.12. The molecule has 0 heterocycles. The van der Waals surface area contributed by atoms with E-state index in [-0.39, 0.29) is 24.8 Å². The molecule has 3 N–H and O–H groups in total. The van der Waals surface area contributed by atoms with Crippen molar-refractivity contribution in [3.63, 3.8) is 0 Å². The van der Waals surface area contributed by atoms with E-state index in [1.807, 2.05) is 0 Å². The second-order valence-electron chi connectivity index (χ2n) is 5.61. The van der Waals surface area contributed by atoms with E-state index in [0.717, 1.165) is 19.5 Å². The van der Waals surface area contributed by atoms with Gasteiger partial charge < -0.3 is 11.1 Å². The van der Waals surface area contributed by atoms with Gasteiger partial charge in [-0.15, -0.1) is 24.8 Å². The van der Waals surface area contributed by atoms with Gasteiger partial charge in [-0.05, 0) is 32.9 Å². The molecule has 0 bridgehead atoms. The number of rotatable bonds is 14. The van der Waals surface area contributed by atoms with Gasteiger partial charge in [0.1, 0.15) is 0 Å². The average molecular weight is 329 g/mol. The van der Waals surface area contributed by atoms with Crippen molar-refractivity contribution in [3.05, 3.63) is 0 Å². The summed E-state index contributed by atoms with van der Waals surface area (Å²) in [6, 6.07) is 0.591. The van der Waals surface area contributed by atoms with Gasteiger partial charge in [-0.2, -0.15) is 0 Å². The van der Waals surface area contributed by atoms with Crippen LogP contribution in [0.5, 0.6) is 0 Å². The summed E-state index contributed by atoms with van der Waals surface area (Å²) in [5.74, 6) is 0. The number of halogens is 2. The minimum absolute atomic E-state index is 0. The molecule has 4 heteroatoms. The van der Waals surface area contributed by atoms with Crippen molar-refractivity contribution in [2.75, 3.05) is 13.1 Å². The summed E-state index contributed by atoms with van der Waals surface area (Å²) in [5.41, 5.74) is 5.52. The van der Waals surface area contributed by atoms with Gasteiger partial charge in [0.25, 0.3) is 0 Å². The first kappa shape index (κ1) is 25.5. The van der Waals surface area contributed by atoms with Crippen LogP contribution in [-0.4, -0.2) is 19.1 Å². The van der Waals surface area contributed by atoms with E-state index < -0.39 is 0 Å². The van der Waals surface area contributed by atoms with E-state index in [2.05, 4.69) is 19.2 Å². The van der Waals surface area contributed by atoms with Crippen molar-refractivity contribution in [1.82, 2.24) is 5.32 Å². The maximum absolute atomic E-state index is 5.52. The molecule has 0 rings (SSSR count). The number of hydrogen-bond acceptors (Lipinski definition) is 2. The lowest BCUT2D eigenvalue weighted by Crippen LogP contribution is -2.29. The smallest absolute Gasteiger partial charge is 0.00507 e. The van der Waals surface area contributed by atoms with Crippen LogP contribution in [0.2, 0.25) is 0 Å². The molecule has 0 aromatic carbocycles. The van der Waals surface area contributed by atoms with Crippen molar-refractivity contribution in [2.24, 2.45) is 5.73 Å². The highest BCUT2D eigenvalue weighted by atomic mass is 35.5. The Morgan fingerprint density at radius 3 is 1.70 bits per heavy atom. The van der Waals surface area contributed by atoms with Crippen LogP contribution in [0.15, 0.2) is 0 Å². The maximum Gasteiger partial charge on any atom is 0.00507 e. The highest BCUT2D eigenvalue weighted by Gasteiger charge is 1.98. The minimum atomic E-state index is 0. The molecule has 0 aromatic rings. The Bertz CT molecular complexity index is 157. The van der Waals surface area contributed by atoms with Gasteiger partial charge in [0.15, 0.2) is 0 Å². The van der Waals surface area contributed by atoms with Crippen LogP contribution in [0.3, 0.4) is 0 Å². The summed E-state index contributed by atoms with van der Waals surface area (Å²) in [6.45, 7) is 6.47. The van der Waals surface area contributed by atoms with E-state index in [1.165, 1.54) is 64.2 Å². The largest absolute Gasteiger partial charge is 0.330 e. The second kappa shape index (κ2) is 21.8. The zero-order chi connectivity index (χ0) is 13.5. The van der Waals surface area contributed by atoms with Crippen molar-refractivity contribution in [2.45, 2.75) is 90.5 Å². The third-order valence-corrected chi connectivity index (χ3v) is 3.62. The highest BCUT2D eigenvalue weighted by Crippen LogP contribution is 2.10. The van der Waals surface area contributed by atoms with E-state index in [9.17, 15) is 0 Å². The molecule has 0 spiro atoms. The predicted molar refractivity (Wildman–Crippen MR) is 97.5 cm³/mol. The summed E-state index contributed by atoms with van der Waals surface area (Å²) in [6.07, 6.45) is 15.2.